The molecule has 3 rings (SSSR count). The Hall–Kier alpha value is -1.77. The number of hydrogen-bond donors (Lipinski definition) is 0. The summed E-state index contributed by atoms with van der Waals surface area (Å²) < 4.78 is 31.7. The molecule has 118 valence electrons. The van der Waals surface area contributed by atoms with Crippen LogP contribution in [0.5, 0.6) is 0 Å². The van der Waals surface area contributed by atoms with E-state index in [-0.39, 0.29) is 4.90 Å². The maximum absolute atomic E-state index is 12.5. The minimum Gasteiger partial charge on any atom is -0.360 e. The lowest BCUT2D eigenvalue weighted by atomic mass is 10.3. The van der Waals surface area contributed by atoms with Gasteiger partial charge in [-0.3, -0.25) is 9.88 Å². The second kappa shape index (κ2) is 6.15. The van der Waals surface area contributed by atoms with Gasteiger partial charge in [0.15, 0.2) is 5.76 Å². The quantitative estimate of drug-likeness (QED) is 0.831. The molecule has 1 aliphatic rings. The van der Waals surface area contributed by atoms with Gasteiger partial charge < -0.3 is 4.52 Å². The Bertz CT molecular complexity index is 722. The summed E-state index contributed by atoms with van der Waals surface area (Å²) in [6.07, 6.45) is 2.95. The van der Waals surface area contributed by atoms with Crippen molar-refractivity contribution in [1.29, 1.82) is 0 Å². The van der Waals surface area contributed by atoms with Gasteiger partial charge in [-0.05, 0) is 19.1 Å². The van der Waals surface area contributed by atoms with Crippen LogP contribution in [0.15, 0.2) is 40.0 Å². The molecule has 7 nitrogen and oxygen atoms in total. The van der Waals surface area contributed by atoms with Crippen molar-refractivity contribution in [3.05, 3.63) is 42.0 Å². The van der Waals surface area contributed by atoms with Gasteiger partial charge in [0.1, 0.15) is 4.90 Å². The number of hydrogen-bond acceptors (Lipinski definition) is 6. The van der Waals surface area contributed by atoms with Gasteiger partial charge >= 0.3 is 0 Å². The summed E-state index contributed by atoms with van der Waals surface area (Å²) >= 11 is 0. The summed E-state index contributed by atoms with van der Waals surface area (Å²) in [6, 6.07) is 5.11. The highest BCUT2D eigenvalue weighted by Gasteiger charge is 2.28. The fourth-order valence-electron chi connectivity index (χ4n) is 2.49. The van der Waals surface area contributed by atoms with Crippen LogP contribution in [0.3, 0.4) is 0 Å². The molecule has 0 aromatic carbocycles. The standard InChI is InChI=1S/C14H18N4O3S/c1-12-9-13(21-16-12)11-17-5-7-18(8-6-17)22(19,20)14-3-2-4-15-10-14/h2-4,9-10H,5-8,11H2,1H3. The Kier molecular flexibility index (Phi) is 4.23. The first-order valence-electron chi connectivity index (χ1n) is 7.10. The van der Waals surface area contributed by atoms with E-state index in [1.165, 1.54) is 10.5 Å². The number of pyridine rings is 1. The lowest BCUT2D eigenvalue weighted by molar-refractivity contribution is 0.166. The van der Waals surface area contributed by atoms with Crippen LogP contribution in [-0.2, 0) is 16.6 Å². The van der Waals surface area contributed by atoms with Crippen LogP contribution in [0.2, 0.25) is 0 Å². The number of rotatable bonds is 4. The molecule has 0 atom stereocenters. The number of piperazine rings is 1. The molecule has 0 radical (unpaired) electrons. The Balaban J connectivity index is 1.62. The Morgan fingerprint density at radius 3 is 2.64 bits per heavy atom. The zero-order valence-corrected chi connectivity index (χ0v) is 13.2. The molecule has 0 amide bonds. The largest absolute Gasteiger partial charge is 0.360 e. The van der Waals surface area contributed by atoms with Crippen LogP contribution in [0.1, 0.15) is 11.5 Å². The Morgan fingerprint density at radius 2 is 2.05 bits per heavy atom. The normalized spacial score (nSPS) is 17.7. The van der Waals surface area contributed by atoms with Crippen LogP contribution in [0.25, 0.3) is 0 Å². The smallest absolute Gasteiger partial charge is 0.244 e. The lowest BCUT2D eigenvalue weighted by Gasteiger charge is -2.33. The zero-order chi connectivity index (χ0) is 15.6. The summed E-state index contributed by atoms with van der Waals surface area (Å²) in [4.78, 5) is 6.29. The highest BCUT2D eigenvalue weighted by Crippen LogP contribution is 2.17. The minimum absolute atomic E-state index is 0.245. The van der Waals surface area contributed by atoms with E-state index in [2.05, 4.69) is 15.0 Å². The number of sulfonamides is 1. The summed E-state index contributed by atoms with van der Waals surface area (Å²) in [5.41, 5.74) is 0.854. The van der Waals surface area contributed by atoms with Crippen molar-refractivity contribution in [2.75, 3.05) is 26.2 Å². The van der Waals surface area contributed by atoms with Gasteiger partial charge in [0, 0.05) is 44.6 Å². The van der Waals surface area contributed by atoms with Gasteiger partial charge in [-0.25, -0.2) is 8.42 Å². The second-order valence-corrected chi connectivity index (χ2v) is 7.24. The van der Waals surface area contributed by atoms with E-state index in [4.69, 9.17) is 4.52 Å². The topological polar surface area (TPSA) is 79.5 Å². The minimum atomic E-state index is -3.45. The molecular weight excluding hydrogens is 304 g/mol. The van der Waals surface area contributed by atoms with Gasteiger partial charge in [-0.2, -0.15) is 4.31 Å². The molecule has 2 aromatic rings. The Morgan fingerprint density at radius 1 is 1.27 bits per heavy atom. The van der Waals surface area contributed by atoms with Crippen molar-refractivity contribution in [2.45, 2.75) is 18.4 Å². The average Bonchev–Trinajstić information content (AvgIpc) is 2.94. The first-order chi connectivity index (χ1) is 10.6. The van der Waals surface area contributed by atoms with Gasteiger partial charge in [0.05, 0.1) is 12.2 Å². The van der Waals surface area contributed by atoms with Crippen molar-refractivity contribution < 1.29 is 12.9 Å². The zero-order valence-electron chi connectivity index (χ0n) is 12.3. The van der Waals surface area contributed by atoms with Crippen molar-refractivity contribution in [3.63, 3.8) is 0 Å². The molecule has 3 heterocycles. The number of nitrogens with zero attached hydrogens (tertiary/aromatic N) is 4. The fourth-order valence-corrected chi connectivity index (χ4v) is 3.87. The predicted octanol–water partition coefficient (Wildman–Crippen LogP) is 0.885. The van der Waals surface area contributed by atoms with Crippen LogP contribution in [0.4, 0.5) is 0 Å². The molecule has 0 unspecified atom stereocenters. The summed E-state index contributed by atoms with van der Waals surface area (Å²) in [6.45, 7) is 4.79. The second-order valence-electron chi connectivity index (χ2n) is 5.30. The van der Waals surface area contributed by atoms with E-state index in [0.717, 1.165) is 11.5 Å². The molecule has 1 saturated heterocycles. The van der Waals surface area contributed by atoms with Crippen LogP contribution >= 0.6 is 0 Å². The van der Waals surface area contributed by atoms with Crippen LogP contribution < -0.4 is 0 Å². The third-order valence-corrected chi connectivity index (χ3v) is 5.54. The van der Waals surface area contributed by atoms with Crippen LogP contribution in [-0.4, -0.2) is 53.9 Å². The third-order valence-electron chi connectivity index (χ3n) is 3.66. The van der Waals surface area contributed by atoms with E-state index in [9.17, 15) is 8.42 Å². The molecule has 1 aliphatic heterocycles. The molecular formula is C14H18N4O3S. The van der Waals surface area contributed by atoms with E-state index in [0.29, 0.717) is 32.7 Å². The molecule has 1 fully saturated rings. The van der Waals surface area contributed by atoms with Gasteiger partial charge in [-0.1, -0.05) is 5.16 Å². The molecule has 0 spiro atoms. The molecule has 2 aromatic heterocycles. The van der Waals surface area contributed by atoms with E-state index < -0.39 is 10.0 Å². The molecule has 0 bridgehead atoms. The summed E-state index contributed by atoms with van der Waals surface area (Å²) in [5.74, 6) is 0.807. The fraction of sp³-hybridized carbons (Fsp3) is 0.429. The summed E-state index contributed by atoms with van der Waals surface area (Å²) in [5, 5.41) is 3.86. The van der Waals surface area contributed by atoms with Crippen molar-refractivity contribution >= 4 is 10.0 Å². The first-order valence-corrected chi connectivity index (χ1v) is 8.54. The number of aromatic nitrogens is 2. The van der Waals surface area contributed by atoms with Crippen LogP contribution in [0, 0.1) is 6.92 Å². The van der Waals surface area contributed by atoms with Crippen molar-refractivity contribution in [2.24, 2.45) is 0 Å². The number of aryl methyl sites for hydroxylation is 1. The highest BCUT2D eigenvalue weighted by molar-refractivity contribution is 7.89. The van der Waals surface area contributed by atoms with E-state index >= 15 is 0 Å². The third kappa shape index (κ3) is 3.18. The van der Waals surface area contributed by atoms with Gasteiger partial charge in [-0.15, -0.1) is 0 Å². The van der Waals surface area contributed by atoms with Gasteiger partial charge in [0.25, 0.3) is 0 Å². The summed E-state index contributed by atoms with van der Waals surface area (Å²) in [7, 11) is -3.45. The first kappa shape index (κ1) is 15.1. The van der Waals surface area contributed by atoms with Crippen molar-refractivity contribution in [3.8, 4) is 0 Å². The molecule has 0 saturated carbocycles. The maximum Gasteiger partial charge on any atom is 0.244 e. The van der Waals surface area contributed by atoms with E-state index in [1.807, 2.05) is 13.0 Å². The lowest BCUT2D eigenvalue weighted by Crippen LogP contribution is -2.48. The maximum atomic E-state index is 12.5. The van der Waals surface area contributed by atoms with Gasteiger partial charge in [0.2, 0.25) is 10.0 Å². The molecule has 0 aliphatic carbocycles. The molecule has 22 heavy (non-hydrogen) atoms. The van der Waals surface area contributed by atoms with Crippen molar-refractivity contribution in [1.82, 2.24) is 19.3 Å². The monoisotopic (exact) mass is 322 g/mol. The SMILES string of the molecule is Cc1cc(CN2CCN(S(=O)(=O)c3cccnc3)CC2)on1. The molecule has 8 heteroatoms. The Labute approximate surface area is 129 Å². The molecule has 0 N–H and O–H groups in total. The highest BCUT2D eigenvalue weighted by atomic mass is 32.2. The van der Waals surface area contributed by atoms with E-state index in [1.54, 1.807) is 18.3 Å². The predicted molar refractivity (Wildman–Crippen MR) is 79.5 cm³/mol. The average molecular weight is 322 g/mol.